The van der Waals surface area contributed by atoms with Crippen molar-refractivity contribution < 1.29 is 0 Å². The third-order valence-corrected chi connectivity index (χ3v) is 2.73. The smallest absolute Gasteiger partial charge is 0.0403 e. The molecule has 0 saturated heterocycles. The number of aromatic nitrogens is 1. The largest absolute Gasteiger partial charge is 0.381 e. The molecular weight excluding hydrogens is 210 g/mol. The maximum Gasteiger partial charge on any atom is 0.0403 e. The SMILES string of the molecule is Cc1cnccc1NCc1cccc(CN)c1. The second-order valence-electron chi connectivity index (χ2n) is 4.07. The number of rotatable bonds is 4. The standard InChI is InChI=1S/C14H17N3/c1-11-9-16-6-5-14(11)17-10-13-4-2-3-12(7-13)8-15/h2-7,9H,8,10,15H2,1H3,(H,16,17). The molecule has 3 N–H and O–H groups in total. The van der Waals surface area contributed by atoms with Gasteiger partial charge in [0.05, 0.1) is 0 Å². The lowest BCUT2D eigenvalue weighted by Crippen LogP contribution is -2.03. The molecule has 2 rings (SSSR count). The van der Waals surface area contributed by atoms with Crippen LogP contribution in [0.2, 0.25) is 0 Å². The molecule has 0 aliphatic carbocycles. The molecule has 0 amide bonds. The van der Waals surface area contributed by atoms with E-state index in [0.717, 1.165) is 23.4 Å². The fourth-order valence-corrected chi connectivity index (χ4v) is 1.74. The first-order valence-electron chi connectivity index (χ1n) is 5.72. The number of benzene rings is 1. The number of pyridine rings is 1. The third-order valence-electron chi connectivity index (χ3n) is 2.73. The van der Waals surface area contributed by atoms with Crippen LogP contribution in [0.1, 0.15) is 16.7 Å². The van der Waals surface area contributed by atoms with Gasteiger partial charge in [-0.1, -0.05) is 24.3 Å². The highest BCUT2D eigenvalue weighted by Gasteiger charge is 1.98. The number of nitrogens with two attached hydrogens (primary N) is 1. The van der Waals surface area contributed by atoms with Crippen molar-refractivity contribution >= 4 is 5.69 Å². The molecule has 88 valence electrons. The minimum atomic E-state index is 0.585. The van der Waals surface area contributed by atoms with E-state index in [1.807, 2.05) is 31.3 Å². The molecule has 0 bridgehead atoms. The van der Waals surface area contributed by atoms with Crippen LogP contribution in [0.5, 0.6) is 0 Å². The summed E-state index contributed by atoms with van der Waals surface area (Å²) in [7, 11) is 0. The normalized spacial score (nSPS) is 10.2. The van der Waals surface area contributed by atoms with Crippen LogP contribution in [0.15, 0.2) is 42.7 Å². The van der Waals surface area contributed by atoms with Crippen LogP contribution in [0.25, 0.3) is 0 Å². The first kappa shape index (κ1) is 11.6. The summed E-state index contributed by atoms with van der Waals surface area (Å²) in [6.07, 6.45) is 3.66. The highest BCUT2D eigenvalue weighted by atomic mass is 14.9. The van der Waals surface area contributed by atoms with E-state index in [2.05, 4.69) is 22.4 Å². The summed E-state index contributed by atoms with van der Waals surface area (Å²) in [5, 5.41) is 3.40. The molecule has 1 aromatic carbocycles. The zero-order valence-electron chi connectivity index (χ0n) is 9.98. The monoisotopic (exact) mass is 227 g/mol. The number of hydrogen-bond acceptors (Lipinski definition) is 3. The van der Waals surface area contributed by atoms with Gasteiger partial charge in [-0.15, -0.1) is 0 Å². The van der Waals surface area contributed by atoms with Gasteiger partial charge in [-0.05, 0) is 29.7 Å². The van der Waals surface area contributed by atoms with E-state index >= 15 is 0 Å². The lowest BCUT2D eigenvalue weighted by atomic mass is 10.1. The molecule has 1 heterocycles. The predicted molar refractivity (Wildman–Crippen MR) is 70.6 cm³/mol. The molecule has 1 aromatic heterocycles. The second-order valence-corrected chi connectivity index (χ2v) is 4.07. The van der Waals surface area contributed by atoms with Crippen molar-refractivity contribution in [3.63, 3.8) is 0 Å². The number of nitrogens with one attached hydrogen (secondary N) is 1. The van der Waals surface area contributed by atoms with Crippen LogP contribution >= 0.6 is 0 Å². The van der Waals surface area contributed by atoms with Gasteiger partial charge in [-0.25, -0.2) is 0 Å². The summed E-state index contributed by atoms with van der Waals surface area (Å²) in [5.41, 5.74) is 10.3. The van der Waals surface area contributed by atoms with Crippen molar-refractivity contribution in [3.8, 4) is 0 Å². The van der Waals surface area contributed by atoms with Crippen LogP contribution in [0.4, 0.5) is 5.69 Å². The number of anilines is 1. The maximum atomic E-state index is 5.62. The van der Waals surface area contributed by atoms with Gasteiger partial charge in [0.2, 0.25) is 0 Å². The summed E-state index contributed by atoms with van der Waals surface area (Å²) in [6.45, 7) is 3.44. The predicted octanol–water partition coefficient (Wildman–Crippen LogP) is 2.46. The number of aryl methyl sites for hydroxylation is 1. The first-order valence-corrected chi connectivity index (χ1v) is 5.72. The molecule has 3 nitrogen and oxygen atoms in total. The average Bonchev–Trinajstić information content (AvgIpc) is 2.38. The summed E-state index contributed by atoms with van der Waals surface area (Å²) >= 11 is 0. The molecule has 0 aliphatic heterocycles. The van der Waals surface area contributed by atoms with E-state index in [4.69, 9.17) is 5.73 Å². The molecule has 0 radical (unpaired) electrons. The van der Waals surface area contributed by atoms with Gasteiger partial charge in [0.1, 0.15) is 0 Å². The highest BCUT2D eigenvalue weighted by molar-refractivity contribution is 5.49. The van der Waals surface area contributed by atoms with Crippen molar-refractivity contribution in [3.05, 3.63) is 59.4 Å². The molecule has 0 spiro atoms. The first-order chi connectivity index (χ1) is 8.29. The Morgan fingerprint density at radius 3 is 2.82 bits per heavy atom. The lowest BCUT2D eigenvalue weighted by Gasteiger charge is -2.09. The Morgan fingerprint density at radius 2 is 2.06 bits per heavy atom. The van der Waals surface area contributed by atoms with Gasteiger partial charge < -0.3 is 11.1 Å². The van der Waals surface area contributed by atoms with E-state index in [0.29, 0.717) is 6.54 Å². The fraction of sp³-hybridized carbons (Fsp3) is 0.214. The van der Waals surface area contributed by atoms with Gasteiger partial charge >= 0.3 is 0 Å². The Hall–Kier alpha value is -1.87. The van der Waals surface area contributed by atoms with Crippen LogP contribution in [-0.2, 0) is 13.1 Å². The maximum absolute atomic E-state index is 5.62. The second kappa shape index (κ2) is 5.46. The molecule has 0 aliphatic rings. The van der Waals surface area contributed by atoms with Gasteiger partial charge in [-0.2, -0.15) is 0 Å². The van der Waals surface area contributed by atoms with E-state index in [1.165, 1.54) is 5.56 Å². The minimum absolute atomic E-state index is 0.585. The minimum Gasteiger partial charge on any atom is -0.381 e. The summed E-state index contributed by atoms with van der Waals surface area (Å²) < 4.78 is 0. The van der Waals surface area contributed by atoms with E-state index < -0.39 is 0 Å². The Labute approximate surface area is 102 Å². The number of hydrogen-bond donors (Lipinski definition) is 2. The van der Waals surface area contributed by atoms with Crippen molar-refractivity contribution in [2.75, 3.05) is 5.32 Å². The average molecular weight is 227 g/mol. The molecule has 2 aromatic rings. The molecule has 0 fully saturated rings. The molecule has 0 saturated carbocycles. The van der Waals surface area contributed by atoms with Crippen molar-refractivity contribution in [1.82, 2.24) is 4.98 Å². The van der Waals surface area contributed by atoms with Crippen molar-refractivity contribution in [2.45, 2.75) is 20.0 Å². The van der Waals surface area contributed by atoms with Gasteiger partial charge in [0.25, 0.3) is 0 Å². The summed E-state index contributed by atoms with van der Waals surface area (Å²) in [4.78, 5) is 4.07. The Bertz CT molecular complexity index is 494. The van der Waals surface area contributed by atoms with E-state index in [-0.39, 0.29) is 0 Å². The van der Waals surface area contributed by atoms with Crippen molar-refractivity contribution in [2.24, 2.45) is 5.73 Å². The molecule has 0 unspecified atom stereocenters. The number of nitrogens with zero attached hydrogens (tertiary/aromatic N) is 1. The molecular formula is C14H17N3. The van der Waals surface area contributed by atoms with E-state index in [1.54, 1.807) is 6.20 Å². The Morgan fingerprint density at radius 1 is 1.24 bits per heavy atom. The van der Waals surface area contributed by atoms with Crippen molar-refractivity contribution in [1.29, 1.82) is 0 Å². The van der Waals surface area contributed by atoms with Crippen LogP contribution in [0, 0.1) is 6.92 Å². The quantitative estimate of drug-likeness (QED) is 0.843. The summed E-state index contributed by atoms with van der Waals surface area (Å²) in [6, 6.07) is 10.3. The van der Waals surface area contributed by atoms with Gasteiger partial charge in [0, 0.05) is 31.2 Å². The van der Waals surface area contributed by atoms with Gasteiger partial charge in [0.15, 0.2) is 0 Å². The van der Waals surface area contributed by atoms with Gasteiger partial charge in [-0.3, -0.25) is 4.98 Å². The van der Waals surface area contributed by atoms with E-state index in [9.17, 15) is 0 Å². The van der Waals surface area contributed by atoms with Crippen LogP contribution in [-0.4, -0.2) is 4.98 Å². The Kier molecular flexibility index (Phi) is 3.73. The fourth-order valence-electron chi connectivity index (χ4n) is 1.74. The Balaban J connectivity index is 2.05. The molecule has 17 heavy (non-hydrogen) atoms. The third kappa shape index (κ3) is 3.04. The molecule has 0 atom stereocenters. The van der Waals surface area contributed by atoms with Crippen LogP contribution < -0.4 is 11.1 Å². The summed E-state index contributed by atoms with van der Waals surface area (Å²) in [5.74, 6) is 0. The lowest BCUT2D eigenvalue weighted by molar-refractivity contribution is 1.05. The highest BCUT2D eigenvalue weighted by Crippen LogP contribution is 2.13. The van der Waals surface area contributed by atoms with Crippen LogP contribution in [0.3, 0.4) is 0 Å². The topological polar surface area (TPSA) is 50.9 Å². The zero-order valence-corrected chi connectivity index (χ0v) is 9.98. The zero-order chi connectivity index (χ0) is 12.1. The molecule has 3 heteroatoms.